The standard InChI is InChI=1S/C17H22N4O/c18-17-15(3-1-7-20-17)12-21(13-16-4-2-10-22-16)11-14-5-8-19-9-6-14/h1,3,5-9,16H,2,4,10-13H2,(H2,18,20). The number of hydrogen-bond donors (Lipinski definition) is 1. The molecule has 1 aliphatic heterocycles. The van der Waals surface area contributed by atoms with Crippen LogP contribution < -0.4 is 5.73 Å². The fourth-order valence-corrected chi connectivity index (χ4v) is 2.83. The van der Waals surface area contributed by atoms with Crippen molar-refractivity contribution in [1.82, 2.24) is 14.9 Å². The zero-order valence-corrected chi connectivity index (χ0v) is 12.7. The summed E-state index contributed by atoms with van der Waals surface area (Å²) in [5.74, 6) is 0.606. The third-order valence-corrected chi connectivity index (χ3v) is 3.96. The lowest BCUT2D eigenvalue weighted by atomic mass is 10.1. The van der Waals surface area contributed by atoms with Gasteiger partial charge < -0.3 is 10.5 Å². The predicted octanol–water partition coefficient (Wildman–Crippen LogP) is 2.24. The number of anilines is 1. The van der Waals surface area contributed by atoms with Gasteiger partial charge in [0.1, 0.15) is 5.82 Å². The minimum Gasteiger partial charge on any atom is -0.383 e. The van der Waals surface area contributed by atoms with E-state index >= 15 is 0 Å². The fourth-order valence-electron chi connectivity index (χ4n) is 2.83. The van der Waals surface area contributed by atoms with E-state index in [4.69, 9.17) is 10.5 Å². The maximum absolute atomic E-state index is 5.99. The van der Waals surface area contributed by atoms with Gasteiger partial charge in [-0.3, -0.25) is 9.88 Å². The van der Waals surface area contributed by atoms with E-state index in [-0.39, 0.29) is 0 Å². The molecule has 1 unspecified atom stereocenters. The normalized spacial score (nSPS) is 18.0. The van der Waals surface area contributed by atoms with E-state index in [0.717, 1.165) is 44.6 Å². The van der Waals surface area contributed by atoms with Gasteiger partial charge in [-0.2, -0.15) is 0 Å². The number of nitrogens with two attached hydrogens (primary N) is 1. The van der Waals surface area contributed by atoms with Crippen molar-refractivity contribution in [1.29, 1.82) is 0 Å². The molecule has 2 aromatic rings. The SMILES string of the molecule is Nc1ncccc1CN(Cc1ccncc1)CC1CCCO1. The summed E-state index contributed by atoms with van der Waals surface area (Å²) >= 11 is 0. The molecule has 1 fully saturated rings. The molecule has 3 heterocycles. The van der Waals surface area contributed by atoms with Crippen LogP contribution in [-0.4, -0.2) is 34.1 Å². The van der Waals surface area contributed by atoms with Crippen molar-refractivity contribution in [2.24, 2.45) is 0 Å². The Morgan fingerprint density at radius 2 is 2.05 bits per heavy atom. The summed E-state index contributed by atoms with van der Waals surface area (Å²) < 4.78 is 5.79. The van der Waals surface area contributed by atoms with Gasteiger partial charge in [0, 0.05) is 50.4 Å². The Balaban J connectivity index is 1.71. The number of pyridine rings is 2. The number of hydrogen-bond acceptors (Lipinski definition) is 5. The summed E-state index contributed by atoms with van der Waals surface area (Å²) in [5, 5.41) is 0. The van der Waals surface area contributed by atoms with Crippen LogP contribution in [-0.2, 0) is 17.8 Å². The molecule has 3 rings (SSSR count). The highest BCUT2D eigenvalue weighted by atomic mass is 16.5. The van der Waals surface area contributed by atoms with Crippen molar-refractivity contribution in [2.75, 3.05) is 18.9 Å². The molecule has 2 aromatic heterocycles. The highest BCUT2D eigenvalue weighted by Gasteiger charge is 2.20. The zero-order valence-electron chi connectivity index (χ0n) is 12.7. The van der Waals surface area contributed by atoms with Crippen LogP contribution in [0, 0.1) is 0 Å². The van der Waals surface area contributed by atoms with Crippen molar-refractivity contribution in [2.45, 2.75) is 32.0 Å². The van der Waals surface area contributed by atoms with E-state index in [2.05, 4.69) is 27.0 Å². The third kappa shape index (κ3) is 4.02. The molecule has 0 amide bonds. The van der Waals surface area contributed by atoms with Crippen molar-refractivity contribution in [3.63, 3.8) is 0 Å². The van der Waals surface area contributed by atoms with E-state index in [1.165, 1.54) is 5.56 Å². The Hall–Kier alpha value is -1.98. The summed E-state index contributed by atoms with van der Waals surface area (Å²) in [6, 6.07) is 8.07. The van der Waals surface area contributed by atoms with Gasteiger partial charge in [-0.1, -0.05) is 6.07 Å². The number of ether oxygens (including phenoxy) is 1. The van der Waals surface area contributed by atoms with Crippen molar-refractivity contribution in [3.8, 4) is 0 Å². The predicted molar refractivity (Wildman–Crippen MR) is 86.0 cm³/mol. The first-order valence-corrected chi connectivity index (χ1v) is 7.73. The Morgan fingerprint density at radius 1 is 1.18 bits per heavy atom. The van der Waals surface area contributed by atoms with Crippen molar-refractivity contribution >= 4 is 5.82 Å². The van der Waals surface area contributed by atoms with Gasteiger partial charge >= 0.3 is 0 Å². The summed E-state index contributed by atoms with van der Waals surface area (Å²) in [6.45, 7) is 3.43. The number of nitrogen functional groups attached to an aromatic ring is 1. The molecule has 1 saturated heterocycles. The largest absolute Gasteiger partial charge is 0.383 e. The molecule has 2 N–H and O–H groups in total. The second-order valence-corrected chi connectivity index (χ2v) is 5.71. The van der Waals surface area contributed by atoms with Gasteiger partial charge in [0.2, 0.25) is 0 Å². The van der Waals surface area contributed by atoms with E-state index in [1.54, 1.807) is 6.20 Å². The van der Waals surface area contributed by atoms with E-state index in [0.29, 0.717) is 11.9 Å². The van der Waals surface area contributed by atoms with Crippen LogP contribution in [0.1, 0.15) is 24.0 Å². The number of nitrogens with zero attached hydrogens (tertiary/aromatic N) is 3. The molecule has 116 valence electrons. The van der Waals surface area contributed by atoms with Crippen LogP contribution in [0.25, 0.3) is 0 Å². The fraction of sp³-hybridized carbons (Fsp3) is 0.412. The van der Waals surface area contributed by atoms with Crippen LogP contribution >= 0.6 is 0 Å². The Kier molecular flexibility index (Phi) is 4.98. The van der Waals surface area contributed by atoms with Gasteiger partial charge in [0.15, 0.2) is 0 Å². The maximum atomic E-state index is 5.99. The lowest BCUT2D eigenvalue weighted by molar-refractivity contribution is 0.0679. The summed E-state index contributed by atoms with van der Waals surface area (Å²) in [7, 11) is 0. The average molecular weight is 298 g/mol. The van der Waals surface area contributed by atoms with Gasteiger partial charge in [-0.15, -0.1) is 0 Å². The molecular weight excluding hydrogens is 276 g/mol. The Labute approximate surface area is 131 Å². The topological polar surface area (TPSA) is 64.3 Å². The molecule has 0 spiro atoms. The highest BCUT2D eigenvalue weighted by molar-refractivity contribution is 5.38. The minimum absolute atomic E-state index is 0.319. The van der Waals surface area contributed by atoms with E-state index in [1.807, 2.05) is 24.5 Å². The quantitative estimate of drug-likeness (QED) is 0.886. The molecule has 1 atom stereocenters. The van der Waals surface area contributed by atoms with Gasteiger partial charge in [0.05, 0.1) is 6.10 Å². The van der Waals surface area contributed by atoms with Crippen LogP contribution in [0.15, 0.2) is 42.9 Å². The highest BCUT2D eigenvalue weighted by Crippen LogP contribution is 2.18. The monoisotopic (exact) mass is 298 g/mol. The first kappa shape index (κ1) is 14.9. The lowest BCUT2D eigenvalue weighted by Gasteiger charge is -2.25. The average Bonchev–Trinajstić information content (AvgIpc) is 3.03. The molecule has 0 saturated carbocycles. The zero-order chi connectivity index (χ0) is 15.2. The molecule has 0 bridgehead atoms. The molecule has 0 radical (unpaired) electrons. The van der Waals surface area contributed by atoms with Crippen LogP contribution in [0.3, 0.4) is 0 Å². The summed E-state index contributed by atoms with van der Waals surface area (Å²) in [6.07, 6.45) is 8.00. The summed E-state index contributed by atoms with van der Waals surface area (Å²) in [5.41, 5.74) is 8.30. The molecule has 1 aliphatic rings. The van der Waals surface area contributed by atoms with Gasteiger partial charge in [-0.25, -0.2) is 4.98 Å². The lowest BCUT2D eigenvalue weighted by Crippen LogP contribution is -2.31. The molecule has 0 aromatic carbocycles. The molecule has 5 heteroatoms. The van der Waals surface area contributed by atoms with E-state index in [9.17, 15) is 0 Å². The Morgan fingerprint density at radius 3 is 2.77 bits per heavy atom. The first-order valence-electron chi connectivity index (χ1n) is 7.73. The van der Waals surface area contributed by atoms with Gasteiger partial charge in [0.25, 0.3) is 0 Å². The molecule has 22 heavy (non-hydrogen) atoms. The molecule has 5 nitrogen and oxygen atoms in total. The van der Waals surface area contributed by atoms with E-state index < -0.39 is 0 Å². The van der Waals surface area contributed by atoms with Crippen LogP contribution in [0.2, 0.25) is 0 Å². The van der Waals surface area contributed by atoms with Crippen molar-refractivity contribution < 1.29 is 4.74 Å². The van der Waals surface area contributed by atoms with Crippen molar-refractivity contribution in [3.05, 3.63) is 54.0 Å². The molecule has 0 aliphatic carbocycles. The second-order valence-electron chi connectivity index (χ2n) is 5.71. The molecular formula is C17H22N4O. The second kappa shape index (κ2) is 7.33. The van der Waals surface area contributed by atoms with Crippen LogP contribution in [0.5, 0.6) is 0 Å². The first-order chi connectivity index (χ1) is 10.8. The third-order valence-electron chi connectivity index (χ3n) is 3.96. The van der Waals surface area contributed by atoms with Gasteiger partial charge in [-0.05, 0) is 36.6 Å². The Bertz CT molecular complexity index is 584. The maximum Gasteiger partial charge on any atom is 0.127 e. The minimum atomic E-state index is 0.319. The number of aromatic nitrogens is 2. The summed E-state index contributed by atoms with van der Waals surface area (Å²) in [4.78, 5) is 10.6. The smallest absolute Gasteiger partial charge is 0.127 e. The number of rotatable bonds is 6. The van der Waals surface area contributed by atoms with Crippen LogP contribution in [0.4, 0.5) is 5.82 Å².